The molecule has 0 aliphatic heterocycles. The predicted molar refractivity (Wildman–Crippen MR) is 96.7 cm³/mol. The summed E-state index contributed by atoms with van der Waals surface area (Å²) in [5.74, 6) is 1.46. The van der Waals surface area contributed by atoms with E-state index >= 15 is 0 Å². The second-order valence-corrected chi connectivity index (χ2v) is 6.52. The number of nitrogens with one attached hydrogen (secondary N) is 2. The maximum atomic E-state index is 12.6. The predicted octanol–water partition coefficient (Wildman–Crippen LogP) is 3.64. The Bertz CT molecular complexity index is 746. The smallest absolute Gasteiger partial charge is 0.434 e. The van der Waals surface area contributed by atoms with Crippen molar-refractivity contribution in [1.82, 2.24) is 15.6 Å². The van der Waals surface area contributed by atoms with Gasteiger partial charge >= 0.3 is 6.18 Å². The lowest BCUT2D eigenvalue weighted by Crippen LogP contribution is -2.38. The van der Waals surface area contributed by atoms with Crippen molar-refractivity contribution in [2.24, 2.45) is 4.99 Å². The first-order valence-corrected chi connectivity index (χ1v) is 8.82. The molecular weight excluding hydrogens is 365 g/mol. The normalized spacial score (nSPS) is 13.4. The van der Waals surface area contributed by atoms with Crippen LogP contribution in [0.15, 0.2) is 34.6 Å². The van der Waals surface area contributed by atoms with E-state index in [1.165, 1.54) is 0 Å². The van der Waals surface area contributed by atoms with Gasteiger partial charge in [-0.2, -0.15) is 13.2 Å². The minimum absolute atomic E-state index is 0.154. The van der Waals surface area contributed by atoms with Crippen molar-refractivity contribution in [2.45, 2.75) is 25.6 Å². The zero-order valence-electron chi connectivity index (χ0n) is 14.7. The molecule has 26 heavy (non-hydrogen) atoms. The molecule has 1 aromatic heterocycles. The third-order valence-corrected chi connectivity index (χ3v) is 4.57. The molecule has 0 bridgehead atoms. The van der Waals surface area contributed by atoms with Gasteiger partial charge in [0.05, 0.1) is 13.7 Å². The SMILES string of the molecule is CN=C(NCc1nc(C(F)(F)F)cs1)NCC(C)c1ccccc1OC. The van der Waals surface area contributed by atoms with E-state index in [-0.39, 0.29) is 12.5 Å². The van der Waals surface area contributed by atoms with E-state index < -0.39 is 11.9 Å². The van der Waals surface area contributed by atoms with E-state index in [0.717, 1.165) is 28.0 Å². The first kappa shape index (κ1) is 20.0. The lowest BCUT2D eigenvalue weighted by molar-refractivity contribution is -0.140. The molecule has 0 aliphatic rings. The van der Waals surface area contributed by atoms with Crippen LogP contribution in [0.5, 0.6) is 5.75 Å². The van der Waals surface area contributed by atoms with E-state index in [0.29, 0.717) is 17.5 Å². The number of thiazole rings is 1. The molecule has 0 fully saturated rings. The highest BCUT2D eigenvalue weighted by atomic mass is 32.1. The number of rotatable bonds is 6. The highest BCUT2D eigenvalue weighted by Crippen LogP contribution is 2.30. The molecule has 2 N–H and O–H groups in total. The molecule has 1 atom stereocenters. The maximum Gasteiger partial charge on any atom is 0.434 e. The number of methoxy groups -OCH3 is 1. The van der Waals surface area contributed by atoms with Gasteiger partial charge in [0.1, 0.15) is 10.8 Å². The number of halogens is 3. The molecule has 0 amide bonds. The average Bonchev–Trinajstić information content (AvgIpc) is 3.11. The summed E-state index contributed by atoms with van der Waals surface area (Å²) < 4.78 is 43.1. The van der Waals surface area contributed by atoms with Gasteiger partial charge in [0, 0.05) is 24.9 Å². The van der Waals surface area contributed by atoms with Gasteiger partial charge in [-0.25, -0.2) is 4.98 Å². The number of benzene rings is 1. The van der Waals surface area contributed by atoms with Gasteiger partial charge in [0.2, 0.25) is 0 Å². The molecule has 0 spiro atoms. The summed E-state index contributed by atoms with van der Waals surface area (Å²) >= 11 is 0.962. The number of hydrogen-bond donors (Lipinski definition) is 2. The minimum Gasteiger partial charge on any atom is -0.496 e. The topological polar surface area (TPSA) is 58.5 Å². The Morgan fingerprint density at radius 2 is 2.04 bits per heavy atom. The Labute approximate surface area is 154 Å². The summed E-state index contributed by atoms with van der Waals surface area (Å²) in [6.45, 7) is 2.81. The van der Waals surface area contributed by atoms with Crippen LogP contribution in [0, 0.1) is 0 Å². The third-order valence-electron chi connectivity index (χ3n) is 3.72. The van der Waals surface area contributed by atoms with Crippen molar-refractivity contribution in [3.8, 4) is 5.75 Å². The van der Waals surface area contributed by atoms with Crippen molar-refractivity contribution in [2.75, 3.05) is 20.7 Å². The molecule has 0 radical (unpaired) electrons. The molecule has 0 saturated heterocycles. The molecule has 0 aliphatic carbocycles. The van der Waals surface area contributed by atoms with Crippen molar-refractivity contribution >= 4 is 17.3 Å². The number of ether oxygens (including phenoxy) is 1. The second kappa shape index (κ2) is 8.88. The highest BCUT2D eigenvalue weighted by Gasteiger charge is 2.33. The summed E-state index contributed by atoms with van der Waals surface area (Å²) in [6.07, 6.45) is -4.42. The van der Waals surface area contributed by atoms with Gasteiger partial charge < -0.3 is 15.4 Å². The maximum absolute atomic E-state index is 12.6. The Balaban J connectivity index is 1.89. The van der Waals surface area contributed by atoms with Crippen molar-refractivity contribution in [1.29, 1.82) is 0 Å². The van der Waals surface area contributed by atoms with Gasteiger partial charge in [-0.1, -0.05) is 25.1 Å². The molecule has 9 heteroatoms. The Morgan fingerprint density at radius 1 is 1.31 bits per heavy atom. The molecular formula is C17H21F3N4OS. The van der Waals surface area contributed by atoms with Gasteiger partial charge in [-0.05, 0) is 11.6 Å². The minimum atomic E-state index is -4.42. The molecule has 142 valence electrons. The van der Waals surface area contributed by atoms with Crippen LogP contribution in [0.2, 0.25) is 0 Å². The Hall–Kier alpha value is -2.29. The van der Waals surface area contributed by atoms with Crippen LogP contribution in [0.1, 0.15) is 29.1 Å². The number of aliphatic imine (C=N–C) groups is 1. The molecule has 1 heterocycles. The summed E-state index contributed by atoms with van der Waals surface area (Å²) in [5, 5.41) is 7.49. The zero-order chi connectivity index (χ0) is 19.2. The van der Waals surface area contributed by atoms with Gasteiger partial charge in [-0.15, -0.1) is 11.3 Å². The number of hydrogen-bond acceptors (Lipinski definition) is 4. The van der Waals surface area contributed by atoms with Crippen LogP contribution in [0.25, 0.3) is 0 Å². The van der Waals surface area contributed by atoms with Crippen molar-refractivity contribution < 1.29 is 17.9 Å². The summed E-state index contributed by atoms with van der Waals surface area (Å²) in [7, 11) is 3.23. The number of nitrogens with zero attached hydrogens (tertiary/aromatic N) is 2. The van der Waals surface area contributed by atoms with E-state index in [4.69, 9.17) is 4.74 Å². The van der Waals surface area contributed by atoms with Crippen LogP contribution in [0.3, 0.4) is 0 Å². The lowest BCUT2D eigenvalue weighted by Gasteiger charge is -2.18. The van der Waals surface area contributed by atoms with E-state index in [9.17, 15) is 13.2 Å². The molecule has 2 aromatic rings. The first-order valence-electron chi connectivity index (χ1n) is 7.94. The number of aromatic nitrogens is 1. The van der Waals surface area contributed by atoms with Crippen LogP contribution >= 0.6 is 11.3 Å². The van der Waals surface area contributed by atoms with Gasteiger partial charge in [0.15, 0.2) is 11.7 Å². The molecule has 2 rings (SSSR count). The fourth-order valence-corrected chi connectivity index (χ4v) is 3.08. The molecule has 1 unspecified atom stereocenters. The fraction of sp³-hybridized carbons (Fsp3) is 0.412. The monoisotopic (exact) mass is 386 g/mol. The molecule has 1 aromatic carbocycles. The quantitative estimate of drug-likeness (QED) is 0.588. The van der Waals surface area contributed by atoms with Gasteiger partial charge in [0.25, 0.3) is 0 Å². The number of para-hydroxylation sites is 1. The van der Waals surface area contributed by atoms with Crippen molar-refractivity contribution in [3.63, 3.8) is 0 Å². The summed E-state index contributed by atoms with van der Waals surface area (Å²) in [6, 6.07) is 7.75. The third kappa shape index (κ3) is 5.35. The largest absolute Gasteiger partial charge is 0.496 e. The number of alkyl halides is 3. The van der Waals surface area contributed by atoms with Crippen LogP contribution in [-0.4, -0.2) is 31.6 Å². The van der Waals surface area contributed by atoms with Crippen LogP contribution < -0.4 is 15.4 Å². The molecule has 5 nitrogen and oxygen atoms in total. The Kier molecular flexibility index (Phi) is 6.84. The Morgan fingerprint density at radius 3 is 2.65 bits per heavy atom. The highest BCUT2D eigenvalue weighted by molar-refractivity contribution is 7.09. The van der Waals surface area contributed by atoms with Crippen LogP contribution in [-0.2, 0) is 12.7 Å². The van der Waals surface area contributed by atoms with E-state index in [1.54, 1.807) is 14.2 Å². The summed E-state index contributed by atoms with van der Waals surface area (Å²) in [5.41, 5.74) is 0.194. The standard InChI is InChI=1S/C17H21F3N4OS/c1-11(12-6-4-5-7-13(12)25-3)8-22-16(21-2)23-9-15-24-14(10-26-15)17(18,19)20/h4-7,10-11H,8-9H2,1-3H3,(H2,21,22,23). The fourth-order valence-electron chi connectivity index (χ4n) is 2.34. The van der Waals surface area contributed by atoms with E-state index in [2.05, 4.69) is 27.5 Å². The van der Waals surface area contributed by atoms with Crippen LogP contribution in [0.4, 0.5) is 13.2 Å². The first-order chi connectivity index (χ1) is 12.3. The second-order valence-electron chi connectivity index (χ2n) is 5.57. The lowest BCUT2D eigenvalue weighted by atomic mass is 10.0. The number of guanidine groups is 1. The zero-order valence-corrected chi connectivity index (χ0v) is 15.5. The average molecular weight is 386 g/mol. The van der Waals surface area contributed by atoms with Crippen molar-refractivity contribution in [3.05, 3.63) is 45.9 Å². The molecule has 0 saturated carbocycles. The van der Waals surface area contributed by atoms with E-state index in [1.807, 2.05) is 24.3 Å². The van der Waals surface area contributed by atoms with Gasteiger partial charge in [-0.3, -0.25) is 4.99 Å². The summed E-state index contributed by atoms with van der Waals surface area (Å²) in [4.78, 5) is 7.67.